The van der Waals surface area contributed by atoms with Crippen LogP contribution in [0.25, 0.3) is 11.1 Å². The Bertz CT molecular complexity index is 1830. The summed E-state index contributed by atoms with van der Waals surface area (Å²) in [5.41, 5.74) is -0.830. The molecule has 1 amide bonds. The zero-order valence-corrected chi connectivity index (χ0v) is 22.5. The molecule has 3 aromatic heterocycles. The molecule has 0 unspecified atom stereocenters. The lowest BCUT2D eigenvalue weighted by molar-refractivity contribution is -0.141. The van der Waals surface area contributed by atoms with Gasteiger partial charge in [0.15, 0.2) is 9.84 Å². The second-order valence-electron chi connectivity index (χ2n) is 9.14. The van der Waals surface area contributed by atoms with Crippen molar-refractivity contribution in [2.75, 3.05) is 6.26 Å². The summed E-state index contributed by atoms with van der Waals surface area (Å²) in [6.45, 7) is 1.55. The van der Waals surface area contributed by atoms with Crippen molar-refractivity contribution >= 4 is 15.7 Å². The number of amides is 1. The van der Waals surface area contributed by atoms with Gasteiger partial charge in [-0.05, 0) is 54.4 Å². The highest BCUT2D eigenvalue weighted by Crippen LogP contribution is 2.31. The van der Waals surface area contributed by atoms with Gasteiger partial charge >= 0.3 is 6.18 Å². The first-order valence-electron chi connectivity index (χ1n) is 12.0. The van der Waals surface area contributed by atoms with Gasteiger partial charge in [-0.3, -0.25) is 19.6 Å². The average Bonchev–Trinajstić information content (AvgIpc) is 2.93. The molecule has 0 saturated carbocycles. The molecular formula is C28H22F3N5O4S. The smallest absolute Gasteiger partial charge is 0.348 e. The summed E-state index contributed by atoms with van der Waals surface area (Å²) in [4.78, 5) is 34.4. The van der Waals surface area contributed by atoms with Crippen LogP contribution in [-0.2, 0) is 29.1 Å². The minimum absolute atomic E-state index is 0.0455. The maximum Gasteiger partial charge on any atom is 0.433 e. The van der Waals surface area contributed by atoms with Crippen molar-refractivity contribution in [2.24, 2.45) is 0 Å². The second kappa shape index (κ2) is 11.3. The molecule has 4 aromatic rings. The standard InChI is InChI=1S/C28H22F3N5O4S/c1-17-25(20-9-10-33-24(11-20)28(29,30)31)26(37)23(16-36(17)15-21-6-3-19(12-32)14-34-21)27(38)35-13-18-4-7-22(8-5-18)41(2,39)40/h3-11,14,16H,13,15H2,1-2H3,(H,35,38). The fraction of sp³-hybridized carbons (Fsp3) is 0.179. The van der Waals surface area contributed by atoms with Gasteiger partial charge in [-0.2, -0.15) is 18.4 Å². The lowest BCUT2D eigenvalue weighted by Gasteiger charge is -2.17. The molecule has 0 atom stereocenters. The molecule has 4 rings (SSSR count). The van der Waals surface area contributed by atoms with E-state index in [2.05, 4.69) is 15.3 Å². The first-order valence-corrected chi connectivity index (χ1v) is 13.9. The lowest BCUT2D eigenvalue weighted by atomic mass is 10.0. The number of alkyl halides is 3. The molecule has 1 N–H and O–H groups in total. The number of carbonyl (C=O) groups is 1. The molecule has 9 nitrogen and oxygen atoms in total. The van der Waals surface area contributed by atoms with Gasteiger partial charge in [0.2, 0.25) is 5.43 Å². The molecule has 0 radical (unpaired) electrons. The second-order valence-corrected chi connectivity index (χ2v) is 11.2. The summed E-state index contributed by atoms with van der Waals surface area (Å²) in [7, 11) is -3.41. The molecule has 41 heavy (non-hydrogen) atoms. The quantitative estimate of drug-likeness (QED) is 0.350. The number of halogens is 3. The molecular weight excluding hydrogens is 559 g/mol. The van der Waals surface area contributed by atoms with Crippen molar-refractivity contribution in [1.82, 2.24) is 19.9 Å². The average molecular weight is 582 g/mol. The Morgan fingerprint density at radius 2 is 1.80 bits per heavy atom. The normalized spacial score (nSPS) is 11.6. The van der Waals surface area contributed by atoms with Crippen LogP contribution in [0.4, 0.5) is 13.2 Å². The highest BCUT2D eigenvalue weighted by atomic mass is 32.2. The third-order valence-corrected chi connectivity index (χ3v) is 7.35. The van der Waals surface area contributed by atoms with E-state index < -0.39 is 33.0 Å². The van der Waals surface area contributed by atoms with Crippen LogP contribution >= 0.6 is 0 Å². The van der Waals surface area contributed by atoms with Crippen LogP contribution in [-0.4, -0.2) is 35.1 Å². The van der Waals surface area contributed by atoms with Crippen molar-refractivity contribution < 1.29 is 26.4 Å². The van der Waals surface area contributed by atoms with E-state index in [0.717, 1.165) is 18.5 Å². The van der Waals surface area contributed by atoms with E-state index in [9.17, 15) is 31.2 Å². The number of nitriles is 1. The van der Waals surface area contributed by atoms with Gasteiger partial charge in [0, 0.05) is 42.6 Å². The van der Waals surface area contributed by atoms with Crippen molar-refractivity contribution in [3.63, 3.8) is 0 Å². The predicted molar refractivity (Wildman–Crippen MR) is 142 cm³/mol. The number of nitrogens with zero attached hydrogens (tertiary/aromatic N) is 4. The summed E-state index contributed by atoms with van der Waals surface area (Å²) in [5, 5.41) is 11.6. The van der Waals surface area contributed by atoms with E-state index in [-0.39, 0.29) is 40.4 Å². The van der Waals surface area contributed by atoms with Crippen LogP contribution in [0.3, 0.4) is 0 Å². The van der Waals surface area contributed by atoms with E-state index in [1.807, 2.05) is 6.07 Å². The zero-order valence-electron chi connectivity index (χ0n) is 21.7. The molecule has 0 fully saturated rings. The van der Waals surface area contributed by atoms with Gasteiger partial charge in [0.25, 0.3) is 5.91 Å². The Hall–Kier alpha value is -4.83. The zero-order chi connectivity index (χ0) is 29.9. The lowest BCUT2D eigenvalue weighted by Crippen LogP contribution is -2.31. The van der Waals surface area contributed by atoms with Crippen molar-refractivity contribution in [1.29, 1.82) is 5.26 Å². The van der Waals surface area contributed by atoms with Crippen LogP contribution in [0.1, 0.15) is 38.6 Å². The number of sulfone groups is 1. The highest BCUT2D eigenvalue weighted by Gasteiger charge is 2.33. The van der Waals surface area contributed by atoms with E-state index in [4.69, 9.17) is 5.26 Å². The molecule has 0 aliphatic carbocycles. The van der Waals surface area contributed by atoms with Crippen LogP contribution in [0, 0.1) is 18.3 Å². The fourth-order valence-electron chi connectivity index (χ4n) is 4.05. The van der Waals surface area contributed by atoms with Crippen molar-refractivity contribution in [2.45, 2.75) is 31.1 Å². The maximum atomic E-state index is 13.6. The fourth-order valence-corrected chi connectivity index (χ4v) is 4.68. The van der Waals surface area contributed by atoms with E-state index >= 15 is 0 Å². The molecule has 13 heteroatoms. The molecule has 210 valence electrons. The summed E-state index contributed by atoms with van der Waals surface area (Å²) in [5.74, 6) is -0.782. The number of benzene rings is 1. The van der Waals surface area contributed by atoms with Gasteiger partial charge in [0.1, 0.15) is 17.3 Å². The van der Waals surface area contributed by atoms with Crippen LogP contribution in [0.5, 0.6) is 0 Å². The maximum absolute atomic E-state index is 13.6. The number of nitrogens with one attached hydrogen (secondary N) is 1. The minimum Gasteiger partial charge on any atom is -0.348 e. The van der Waals surface area contributed by atoms with Gasteiger partial charge in [-0.25, -0.2) is 8.42 Å². The SMILES string of the molecule is Cc1c(-c2ccnc(C(F)(F)F)c2)c(=O)c(C(=O)NCc2ccc(S(C)(=O)=O)cc2)cn1Cc1ccc(C#N)cn1. The summed E-state index contributed by atoms with van der Waals surface area (Å²) < 4.78 is 65.1. The Balaban J connectivity index is 1.75. The Labute approximate surface area is 232 Å². The van der Waals surface area contributed by atoms with Crippen LogP contribution in [0.2, 0.25) is 0 Å². The van der Waals surface area contributed by atoms with Gasteiger partial charge in [-0.15, -0.1) is 0 Å². The van der Waals surface area contributed by atoms with E-state index in [1.165, 1.54) is 47.3 Å². The number of rotatable bonds is 7. The predicted octanol–water partition coefficient (Wildman–Crippen LogP) is 3.89. The van der Waals surface area contributed by atoms with Crippen LogP contribution in [0.15, 0.2) is 76.8 Å². The topological polar surface area (TPSA) is 135 Å². The Kier molecular flexibility index (Phi) is 8.07. The Morgan fingerprint density at radius 3 is 2.39 bits per heavy atom. The summed E-state index contributed by atoms with van der Waals surface area (Å²) in [6, 6.07) is 12.9. The monoisotopic (exact) mass is 581 g/mol. The first kappa shape index (κ1) is 29.2. The first-order chi connectivity index (χ1) is 19.3. The van der Waals surface area contributed by atoms with Gasteiger partial charge in [0.05, 0.1) is 22.7 Å². The third kappa shape index (κ3) is 6.67. The van der Waals surface area contributed by atoms with Crippen molar-refractivity contribution in [3.8, 4) is 17.2 Å². The number of carbonyl (C=O) groups excluding carboxylic acids is 1. The molecule has 0 bridgehead atoms. The largest absolute Gasteiger partial charge is 0.433 e. The number of hydrogen-bond donors (Lipinski definition) is 1. The van der Waals surface area contributed by atoms with Crippen molar-refractivity contribution in [3.05, 3.63) is 111 Å². The molecule has 0 spiro atoms. The number of pyridine rings is 3. The van der Waals surface area contributed by atoms with Gasteiger partial charge in [-0.1, -0.05) is 12.1 Å². The molecule has 0 aliphatic heterocycles. The molecule has 1 aromatic carbocycles. The number of aromatic nitrogens is 3. The minimum atomic E-state index is -4.75. The number of hydrogen-bond acceptors (Lipinski definition) is 7. The van der Waals surface area contributed by atoms with Gasteiger partial charge < -0.3 is 9.88 Å². The Morgan fingerprint density at radius 1 is 1.10 bits per heavy atom. The van der Waals surface area contributed by atoms with E-state index in [0.29, 0.717) is 16.8 Å². The third-order valence-electron chi connectivity index (χ3n) is 6.22. The highest BCUT2D eigenvalue weighted by molar-refractivity contribution is 7.90. The summed E-state index contributed by atoms with van der Waals surface area (Å²) >= 11 is 0. The molecule has 0 saturated heterocycles. The van der Waals surface area contributed by atoms with E-state index in [1.54, 1.807) is 19.1 Å². The molecule has 0 aliphatic rings. The summed E-state index contributed by atoms with van der Waals surface area (Å²) in [6.07, 6.45) is -0.0880. The van der Waals surface area contributed by atoms with Crippen LogP contribution < -0.4 is 10.7 Å². The molecule has 3 heterocycles.